The average molecular weight is 418 g/mol. The summed E-state index contributed by atoms with van der Waals surface area (Å²) in [7, 11) is 0. The van der Waals surface area contributed by atoms with Crippen molar-refractivity contribution < 1.29 is 23.8 Å². The summed E-state index contributed by atoms with van der Waals surface area (Å²) in [6, 6.07) is 14.3. The summed E-state index contributed by atoms with van der Waals surface area (Å²) in [5, 5.41) is 11.0. The maximum Gasteiger partial charge on any atom is 0.300 e. The Kier molecular flexibility index (Phi) is 5.49. The van der Waals surface area contributed by atoms with Crippen LogP contribution in [0.3, 0.4) is 0 Å². The molecule has 1 atom stereocenters. The van der Waals surface area contributed by atoms with Crippen molar-refractivity contribution in [1.29, 1.82) is 0 Å². The van der Waals surface area contributed by atoms with Crippen molar-refractivity contribution in [2.75, 3.05) is 11.5 Å². The summed E-state index contributed by atoms with van der Waals surface area (Å²) in [5.74, 6) is -1.94. The number of ether oxygens (including phenoxy) is 1. The third kappa shape index (κ3) is 3.77. The summed E-state index contributed by atoms with van der Waals surface area (Å²) in [4.78, 5) is 31.1. The van der Waals surface area contributed by atoms with E-state index in [4.69, 9.17) is 4.74 Å². The second-order valence-electron chi connectivity index (χ2n) is 6.89. The van der Waals surface area contributed by atoms with E-state index in [-0.39, 0.29) is 17.0 Å². The van der Waals surface area contributed by atoms with Gasteiger partial charge in [-0.3, -0.25) is 19.5 Å². The van der Waals surface area contributed by atoms with E-state index in [2.05, 4.69) is 4.98 Å². The molecule has 1 unspecified atom stereocenters. The summed E-state index contributed by atoms with van der Waals surface area (Å²) in [6.45, 7) is 2.35. The fraction of sp³-hybridized carbons (Fsp3) is 0.125. The molecule has 1 fully saturated rings. The number of aromatic nitrogens is 1. The van der Waals surface area contributed by atoms with E-state index in [1.54, 1.807) is 42.5 Å². The Bertz CT molecular complexity index is 1160. The maximum atomic E-state index is 13.9. The van der Waals surface area contributed by atoms with Crippen LogP contribution in [-0.2, 0) is 9.59 Å². The number of nitrogens with zero attached hydrogens (tertiary/aromatic N) is 2. The van der Waals surface area contributed by atoms with Crippen LogP contribution in [0.25, 0.3) is 5.76 Å². The summed E-state index contributed by atoms with van der Waals surface area (Å²) >= 11 is 0. The van der Waals surface area contributed by atoms with Gasteiger partial charge in [-0.2, -0.15) is 0 Å². The lowest BCUT2D eigenvalue weighted by Gasteiger charge is -2.25. The Balaban J connectivity index is 1.88. The van der Waals surface area contributed by atoms with Crippen LogP contribution in [0.5, 0.6) is 5.75 Å². The number of Topliss-reactive ketones (excluding diaryl/α,β-unsaturated/α-hetero) is 1. The average Bonchev–Trinajstić information content (AvgIpc) is 3.05. The topological polar surface area (TPSA) is 79.7 Å². The highest BCUT2D eigenvalue weighted by Crippen LogP contribution is 2.42. The Morgan fingerprint density at radius 3 is 2.45 bits per heavy atom. The number of carbonyl (C=O) groups excluding carboxylic acids is 2. The van der Waals surface area contributed by atoms with Crippen molar-refractivity contribution in [2.24, 2.45) is 0 Å². The van der Waals surface area contributed by atoms with E-state index >= 15 is 0 Å². The molecule has 1 amide bonds. The molecule has 0 radical (unpaired) electrons. The molecule has 6 nitrogen and oxygen atoms in total. The molecule has 1 aromatic heterocycles. The van der Waals surface area contributed by atoms with Crippen molar-refractivity contribution in [3.8, 4) is 5.75 Å². The fourth-order valence-electron chi connectivity index (χ4n) is 3.62. The SMILES string of the molecule is CCOc1ccc(/C(O)=C2\C(=O)C(=O)N(c3cccc(F)c3)C2c2ccncc2)cc1. The van der Waals surface area contributed by atoms with E-state index < -0.39 is 23.5 Å². The van der Waals surface area contributed by atoms with Crippen LogP contribution in [-0.4, -0.2) is 28.4 Å². The minimum Gasteiger partial charge on any atom is -0.507 e. The number of rotatable bonds is 5. The zero-order chi connectivity index (χ0) is 22.0. The number of pyridine rings is 1. The number of carbonyl (C=O) groups is 2. The van der Waals surface area contributed by atoms with Gasteiger partial charge >= 0.3 is 0 Å². The molecular weight excluding hydrogens is 399 g/mol. The Morgan fingerprint density at radius 2 is 1.81 bits per heavy atom. The number of aliphatic hydroxyl groups excluding tert-OH is 1. The lowest BCUT2D eigenvalue weighted by Crippen LogP contribution is -2.29. The van der Waals surface area contributed by atoms with E-state index in [0.717, 1.165) is 0 Å². The van der Waals surface area contributed by atoms with Gasteiger partial charge in [0, 0.05) is 23.6 Å². The molecule has 2 aromatic carbocycles. The summed E-state index contributed by atoms with van der Waals surface area (Å²) < 4.78 is 19.3. The molecule has 156 valence electrons. The molecule has 3 aromatic rings. The number of amides is 1. The maximum absolute atomic E-state index is 13.9. The highest BCUT2D eigenvalue weighted by atomic mass is 19.1. The fourth-order valence-corrected chi connectivity index (χ4v) is 3.62. The highest BCUT2D eigenvalue weighted by Gasteiger charge is 2.47. The number of halogens is 1. The van der Waals surface area contributed by atoms with Crippen LogP contribution in [0.15, 0.2) is 78.6 Å². The molecule has 0 spiro atoms. The first-order valence-corrected chi connectivity index (χ1v) is 9.71. The van der Waals surface area contributed by atoms with Crippen molar-refractivity contribution in [1.82, 2.24) is 4.98 Å². The van der Waals surface area contributed by atoms with Gasteiger partial charge in [-0.05, 0) is 67.1 Å². The molecule has 2 heterocycles. The first-order chi connectivity index (χ1) is 15.0. The van der Waals surface area contributed by atoms with Gasteiger partial charge in [0.2, 0.25) is 0 Å². The van der Waals surface area contributed by atoms with Crippen LogP contribution in [0, 0.1) is 5.82 Å². The first-order valence-electron chi connectivity index (χ1n) is 9.71. The van der Waals surface area contributed by atoms with Gasteiger partial charge in [-0.15, -0.1) is 0 Å². The number of hydrogen-bond donors (Lipinski definition) is 1. The van der Waals surface area contributed by atoms with Crippen molar-refractivity contribution in [2.45, 2.75) is 13.0 Å². The molecule has 1 saturated heterocycles. The zero-order valence-corrected chi connectivity index (χ0v) is 16.7. The second-order valence-corrected chi connectivity index (χ2v) is 6.89. The van der Waals surface area contributed by atoms with E-state index in [1.807, 2.05) is 6.92 Å². The van der Waals surface area contributed by atoms with Gasteiger partial charge in [-0.1, -0.05) is 6.07 Å². The van der Waals surface area contributed by atoms with Crippen LogP contribution >= 0.6 is 0 Å². The van der Waals surface area contributed by atoms with Crippen molar-refractivity contribution in [3.05, 3.63) is 95.6 Å². The standard InChI is InChI=1S/C24H19FN2O4/c1-2-31-19-8-6-16(7-9-19)22(28)20-21(15-10-12-26-13-11-15)27(24(30)23(20)29)18-5-3-4-17(25)14-18/h3-14,21,28H,2H2,1H3/b22-20+. The van der Waals surface area contributed by atoms with E-state index in [9.17, 15) is 19.1 Å². The Hall–Kier alpha value is -4.00. The Morgan fingerprint density at radius 1 is 1.10 bits per heavy atom. The molecule has 7 heteroatoms. The normalized spacial score (nSPS) is 17.7. The van der Waals surface area contributed by atoms with Crippen LogP contribution in [0.1, 0.15) is 24.1 Å². The van der Waals surface area contributed by atoms with E-state index in [0.29, 0.717) is 23.5 Å². The number of aliphatic hydroxyl groups is 1. The monoisotopic (exact) mass is 418 g/mol. The smallest absolute Gasteiger partial charge is 0.300 e. The van der Waals surface area contributed by atoms with Crippen LogP contribution in [0.2, 0.25) is 0 Å². The largest absolute Gasteiger partial charge is 0.507 e. The molecule has 1 aliphatic rings. The first kappa shape index (κ1) is 20.3. The van der Waals surface area contributed by atoms with Gasteiger partial charge in [0.15, 0.2) is 0 Å². The Labute approximate surface area is 178 Å². The van der Waals surface area contributed by atoms with Gasteiger partial charge in [0.25, 0.3) is 11.7 Å². The molecule has 1 aliphatic heterocycles. The third-order valence-electron chi connectivity index (χ3n) is 4.99. The van der Waals surface area contributed by atoms with Gasteiger partial charge in [-0.25, -0.2) is 4.39 Å². The lowest BCUT2D eigenvalue weighted by atomic mass is 9.95. The second kappa shape index (κ2) is 8.39. The zero-order valence-electron chi connectivity index (χ0n) is 16.7. The molecule has 0 saturated carbocycles. The molecule has 0 bridgehead atoms. The molecule has 0 aliphatic carbocycles. The number of anilines is 1. The molecular formula is C24H19FN2O4. The number of hydrogen-bond acceptors (Lipinski definition) is 5. The number of benzene rings is 2. The molecule has 1 N–H and O–H groups in total. The number of ketones is 1. The lowest BCUT2D eigenvalue weighted by molar-refractivity contribution is -0.132. The van der Waals surface area contributed by atoms with Crippen molar-refractivity contribution >= 4 is 23.1 Å². The molecule has 4 rings (SSSR count). The summed E-state index contributed by atoms with van der Waals surface area (Å²) in [6.07, 6.45) is 3.05. The van der Waals surface area contributed by atoms with Crippen LogP contribution in [0.4, 0.5) is 10.1 Å². The van der Waals surface area contributed by atoms with E-state index in [1.165, 1.54) is 35.5 Å². The van der Waals surface area contributed by atoms with Crippen LogP contribution < -0.4 is 9.64 Å². The predicted octanol–water partition coefficient (Wildman–Crippen LogP) is 4.25. The van der Waals surface area contributed by atoms with Gasteiger partial charge < -0.3 is 9.84 Å². The van der Waals surface area contributed by atoms with Crippen molar-refractivity contribution in [3.63, 3.8) is 0 Å². The third-order valence-corrected chi connectivity index (χ3v) is 4.99. The minimum atomic E-state index is -0.934. The van der Waals surface area contributed by atoms with Gasteiger partial charge in [0.05, 0.1) is 18.2 Å². The minimum absolute atomic E-state index is 0.0791. The van der Waals surface area contributed by atoms with Gasteiger partial charge in [0.1, 0.15) is 17.3 Å². The molecule has 31 heavy (non-hydrogen) atoms. The highest BCUT2D eigenvalue weighted by molar-refractivity contribution is 6.51. The predicted molar refractivity (Wildman–Crippen MR) is 113 cm³/mol. The summed E-state index contributed by atoms with van der Waals surface area (Å²) in [5.41, 5.74) is 1.06. The quantitative estimate of drug-likeness (QED) is 0.381.